The molecule has 3 heterocycles. The fraction of sp³-hybridized carbons (Fsp3) is 0.400. The van der Waals surface area contributed by atoms with E-state index in [1.165, 1.54) is 11.3 Å². The number of hydrogen-bond acceptors (Lipinski definition) is 4. The van der Waals surface area contributed by atoms with Crippen LogP contribution in [-0.4, -0.2) is 43.7 Å². The van der Waals surface area contributed by atoms with Crippen LogP contribution < -0.4 is 10.2 Å². The highest BCUT2D eigenvalue weighted by Crippen LogP contribution is 2.46. The second-order valence-electron chi connectivity index (χ2n) is 7.02. The zero-order valence-electron chi connectivity index (χ0n) is 14.4. The quantitative estimate of drug-likeness (QED) is 0.926. The van der Waals surface area contributed by atoms with Crippen molar-refractivity contribution in [2.75, 3.05) is 31.6 Å². The van der Waals surface area contributed by atoms with Crippen molar-refractivity contribution in [3.8, 4) is 0 Å². The van der Waals surface area contributed by atoms with E-state index in [-0.39, 0.29) is 17.4 Å². The molecule has 2 aliphatic rings. The van der Waals surface area contributed by atoms with Crippen LogP contribution in [0.5, 0.6) is 0 Å². The number of benzene rings is 1. The third-order valence-electron chi connectivity index (χ3n) is 5.26. The van der Waals surface area contributed by atoms with Gasteiger partial charge >= 0.3 is 0 Å². The maximum Gasteiger partial charge on any atom is 0.249 e. The summed E-state index contributed by atoms with van der Waals surface area (Å²) in [6.45, 7) is 2.09. The first-order chi connectivity index (χ1) is 12.2. The van der Waals surface area contributed by atoms with Crippen LogP contribution in [0, 0.1) is 0 Å². The van der Waals surface area contributed by atoms with E-state index in [2.05, 4.69) is 46.5 Å². The largest absolute Gasteiger partial charge is 0.373 e. The number of aromatic nitrogens is 1. The number of amides is 1. The van der Waals surface area contributed by atoms with E-state index < -0.39 is 0 Å². The third-order valence-corrected chi connectivity index (χ3v) is 5.26. The SMILES string of the molecule is CN1CC2(COC(C(=O)NCCc3ccccn3)C2)c2ccccc21. The maximum absolute atomic E-state index is 12.5. The van der Waals surface area contributed by atoms with E-state index in [1.807, 2.05) is 18.2 Å². The van der Waals surface area contributed by atoms with E-state index in [9.17, 15) is 4.79 Å². The zero-order valence-corrected chi connectivity index (χ0v) is 14.4. The third kappa shape index (κ3) is 3.00. The highest BCUT2D eigenvalue weighted by atomic mass is 16.5. The molecule has 5 heteroatoms. The molecule has 5 nitrogen and oxygen atoms in total. The maximum atomic E-state index is 12.5. The summed E-state index contributed by atoms with van der Waals surface area (Å²) in [6, 6.07) is 14.3. The minimum atomic E-state index is -0.372. The molecule has 1 spiro atoms. The molecule has 0 radical (unpaired) electrons. The normalized spacial score (nSPS) is 24.5. The summed E-state index contributed by atoms with van der Waals surface area (Å²) in [5, 5.41) is 3.00. The number of nitrogens with one attached hydrogen (secondary N) is 1. The van der Waals surface area contributed by atoms with Gasteiger partial charge in [-0.2, -0.15) is 0 Å². The van der Waals surface area contributed by atoms with E-state index in [0.29, 0.717) is 13.2 Å². The highest BCUT2D eigenvalue weighted by Gasteiger charge is 2.49. The van der Waals surface area contributed by atoms with E-state index in [0.717, 1.165) is 25.1 Å². The van der Waals surface area contributed by atoms with Crippen molar-refractivity contribution >= 4 is 11.6 Å². The van der Waals surface area contributed by atoms with E-state index in [1.54, 1.807) is 6.20 Å². The van der Waals surface area contributed by atoms with Crippen LogP contribution in [0.4, 0.5) is 5.69 Å². The Hall–Kier alpha value is -2.40. The van der Waals surface area contributed by atoms with Gasteiger partial charge in [0.2, 0.25) is 5.91 Å². The van der Waals surface area contributed by atoms with Gasteiger partial charge in [-0.15, -0.1) is 0 Å². The van der Waals surface area contributed by atoms with Gasteiger partial charge in [-0.25, -0.2) is 0 Å². The molecule has 1 fully saturated rings. The van der Waals surface area contributed by atoms with Crippen LogP contribution >= 0.6 is 0 Å². The van der Waals surface area contributed by atoms with Gasteiger partial charge in [0.05, 0.1) is 6.61 Å². The smallest absolute Gasteiger partial charge is 0.249 e. The van der Waals surface area contributed by atoms with Crippen LogP contribution in [0.15, 0.2) is 48.7 Å². The predicted octanol–water partition coefficient (Wildman–Crippen LogP) is 1.92. The van der Waals surface area contributed by atoms with Crippen LogP contribution in [0.25, 0.3) is 0 Å². The molecule has 1 amide bonds. The number of ether oxygens (including phenoxy) is 1. The number of fused-ring (bicyclic) bond motifs is 2. The predicted molar refractivity (Wildman–Crippen MR) is 96.7 cm³/mol. The molecule has 2 aliphatic heterocycles. The fourth-order valence-corrected chi connectivity index (χ4v) is 4.05. The summed E-state index contributed by atoms with van der Waals surface area (Å²) in [7, 11) is 2.11. The Morgan fingerprint density at radius 2 is 2.16 bits per heavy atom. The highest BCUT2D eigenvalue weighted by molar-refractivity contribution is 5.81. The Kier molecular flexibility index (Phi) is 4.17. The lowest BCUT2D eigenvalue weighted by atomic mass is 9.80. The molecular formula is C20H23N3O2. The standard InChI is InChI=1S/C20H23N3O2/c1-23-13-20(16-7-2-3-8-17(16)23)12-18(25-14-20)19(24)22-11-9-15-6-4-5-10-21-15/h2-8,10,18H,9,11-14H2,1H3,(H,22,24). The molecule has 4 rings (SSSR count). The monoisotopic (exact) mass is 337 g/mol. The van der Waals surface area contributed by atoms with Gasteiger partial charge in [0.25, 0.3) is 0 Å². The molecule has 1 saturated heterocycles. The summed E-state index contributed by atoms with van der Waals surface area (Å²) < 4.78 is 5.91. The second kappa shape index (κ2) is 6.48. The summed E-state index contributed by atoms with van der Waals surface area (Å²) in [6.07, 6.45) is 2.87. The van der Waals surface area contributed by atoms with Crippen LogP contribution in [-0.2, 0) is 21.4 Å². The zero-order chi connectivity index (χ0) is 17.3. The first-order valence-electron chi connectivity index (χ1n) is 8.78. The first-order valence-corrected chi connectivity index (χ1v) is 8.78. The molecule has 130 valence electrons. The minimum Gasteiger partial charge on any atom is -0.373 e. The average molecular weight is 337 g/mol. The van der Waals surface area contributed by atoms with Gasteiger partial charge in [-0.05, 0) is 30.2 Å². The van der Waals surface area contributed by atoms with Gasteiger partial charge in [-0.1, -0.05) is 24.3 Å². The van der Waals surface area contributed by atoms with Crippen molar-refractivity contribution in [3.63, 3.8) is 0 Å². The lowest BCUT2D eigenvalue weighted by molar-refractivity contribution is -0.129. The van der Waals surface area contributed by atoms with Crippen LogP contribution in [0.3, 0.4) is 0 Å². The van der Waals surface area contributed by atoms with Gasteiger partial charge in [0.15, 0.2) is 0 Å². The Bertz CT molecular complexity index is 765. The number of hydrogen-bond donors (Lipinski definition) is 1. The number of anilines is 1. The molecule has 1 N–H and O–H groups in total. The Balaban J connectivity index is 1.37. The Morgan fingerprint density at radius 1 is 1.32 bits per heavy atom. The molecule has 1 aromatic carbocycles. The molecule has 1 aromatic heterocycles. The number of carbonyl (C=O) groups excluding carboxylic acids is 1. The second-order valence-corrected chi connectivity index (χ2v) is 7.02. The van der Waals surface area contributed by atoms with E-state index in [4.69, 9.17) is 4.74 Å². The molecule has 25 heavy (non-hydrogen) atoms. The van der Waals surface area contributed by atoms with Crippen molar-refractivity contribution < 1.29 is 9.53 Å². The molecule has 2 atom stereocenters. The number of pyridine rings is 1. The van der Waals surface area contributed by atoms with Crippen molar-refractivity contribution in [2.45, 2.75) is 24.4 Å². The Morgan fingerprint density at radius 3 is 3.00 bits per heavy atom. The van der Waals surface area contributed by atoms with Crippen molar-refractivity contribution in [3.05, 3.63) is 59.9 Å². The number of rotatable bonds is 4. The molecule has 2 aromatic rings. The molecule has 0 aliphatic carbocycles. The van der Waals surface area contributed by atoms with E-state index >= 15 is 0 Å². The average Bonchev–Trinajstić information content (AvgIpc) is 3.19. The summed E-state index contributed by atoms with van der Waals surface area (Å²) >= 11 is 0. The van der Waals surface area contributed by atoms with Crippen molar-refractivity contribution in [2.24, 2.45) is 0 Å². The number of nitrogens with zero attached hydrogens (tertiary/aromatic N) is 2. The lowest BCUT2D eigenvalue weighted by Gasteiger charge is -2.22. The number of para-hydroxylation sites is 1. The van der Waals surface area contributed by atoms with Gasteiger partial charge in [-0.3, -0.25) is 9.78 Å². The number of likely N-dealkylation sites (N-methyl/N-ethyl adjacent to an activating group) is 1. The van der Waals surface area contributed by atoms with Crippen LogP contribution in [0.1, 0.15) is 17.7 Å². The summed E-state index contributed by atoms with van der Waals surface area (Å²) in [4.78, 5) is 19.0. The number of carbonyl (C=O) groups is 1. The minimum absolute atomic E-state index is 0.0140. The van der Waals surface area contributed by atoms with Gasteiger partial charge in [0.1, 0.15) is 6.10 Å². The lowest BCUT2D eigenvalue weighted by Crippen LogP contribution is -2.37. The van der Waals surface area contributed by atoms with Gasteiger partial charge < -0.3 is 15.0 Å². The molecule has 2 unspecified atom stereocenters. The van der Waals surface area contributed by atoms with Gasteiger partial charge in [0, 0.05) is 49.6 Å². The molecule has 0 saturated carbocycles. The summed E-state index contributed by atoms with van der Waals surface area (Å²) in [5.74, 6) is -0.0140. The summed E-state index contributed by atoms with van der Waals surface area (Å²) in [5.41, 5.74) is 3.48. The molecular weight excluding hydrogens is 314 g/mol. The van der Waals surface area contributed by atoms with Crippen molar-refractivity contribution in [1.29, 1.82) is 0 Å². The Labute approximate surface area is 148 Å². The van der Waals surface area contributed by atoms with Crippen molar-refractivity contribution in [1.82, 2.24) is 10.3 Å². The molecule has 0 bridgehead atoms. The fourth-order valence-electron chi connectivity index (χ4n) is 4.05. The van der Waals surface area contributed by atoms with Crippen LogP contribution in [0.2, 0.25) is 0 Å². The topological polar surface area (TPSA) is 54.5 Å². The first kappa shape index (κ1) is 16.1.